The van der Waals surface area contributed by atoms with E-state index in [2.05, 4.69) is 5.32 Å². The second-order valence-electron chi connectivity index (χ2n) is 7.52. The van der Waals surface area contributed by atoms with Crippen LogP contribution in [-0.2, 0) is 14.4 Å². The molecule has 0 saturated carbocycles. The summed E-state index contributed by atoms with van der Waals surface area (Å²) in [6.07, 6.45) is 1.58. The Morgan fingerprint density at radius 2 is 1.87 bits per heavy atom. The number of anilines is 3. The van der Waals surface area contributed by atoms with Gasteiger partial charge in [-0.15, -0.1) is 0 Å². The number of rotatable bonds is 6. The van der Waals surface area contributed by atoms with Gasteiger partial charge in [-0.05, 0) is 55.8 Å². The van der Waals surface area contributed by atoms with Crippen molar-refractivity contribution in [1.82, 2.24) is 0 Å². The molecule has 0 radical (unpaired) electrons. The summed E-state index contributed by atoms with van der Waals surface area (Å²) >= 11 is 0. The van der Waals surface area contributed by atoms with Crippen LogP contribution in [0.4, 0.5) is 17.1 Å². The first kappa shape index (κ1) is 19.9. The summed E-state index contributed by atoms with van der Waals surface area (Å²) in [5.74, 6) is 0.156. The Balaban J connectivity index is 1.41. The van der Waals surface area contributed by atoms with Crippen molar-refractivity contribution in [2.24, 2.45) is 5.92 Å². The van der Waals surface area contributed by atoms with Gasteiger partial charge >= 0.3 is 0 Å². The van der Waals surface area contributed by atoms with E-state index in [0.717, 1.165) is 23.5 Å². The molecule has 0 aliphatic carbocycles. The number of carbonyl (C=O) groups is 3. The molecule has 2 aromatic carbocycles. The molecule has 30 heavy (non-hydrogen) atoms. The number of amides is 3. The molecule has 7 heteroatoms. The maximum atomic E-state index is 12.8. The number of hydrogen-bond acceptors (Lipinski definition) is 4. The van der Waals surface area contributed by atoms with Crippen LogP contribution < -0.4 is 19.9 Å². The summed E-state index contributed by atoms with van der Waals surface area (Å²) < 4.78 is 5.44. The monoisotopic (exact) mass is 407 g/mol. The molecule has 0 aromatic heterocycles. The molecule has 2 saturated heterocycles. The molecule has 2 heterocycles. The van der Waals surface area contributed by atoms with Crippen molar-refractivity contribution in [2.75, 3.05) is 34.8 Å². The van der Waals surface area contributed by atoms with Gasteiger partial charge in [0.1, 0.15) is 5.75 Å². The molecule has 1 unspecified atom stereocenters. The van der Waals surface area contributed by atoms with E-state index in [-0.39, 0.29) is 24.1 Å². The maximum absolute atomic E-state index is 12.8. The van der Waals surface area contributed by atoms with Gasteiger partial charge < -0.3 is 19.9 Å². The van der Waals surface area contributed by atoms with E-state index in [1.54, 1.807) is 15.9 Å². The van der Waals surface area contributed by atoms with E-state index >= 15 is 0 Å². The van der Waals surface area contributed by atoms with E-state index in [4.69, 9.17) is 4.74 Å². The van der Waals surface area contributed by atoms with Crippen LogP contribution in [0.5, 0.6) is 5.75 Å². The Morgan fingerprint density at radius 1 is 1.07 bits per heavy atom. The number of hydrogen-bond donors (Lipinski definition) is 1. The molecular weight excluding hydrogens is 382 g/mol. The fourth-order valence-corrected chi connectivity index (χ4v) is 3.94. The van der Waals surface area contributed by atoms with E-state index < -0.39 is 5.92 Å². The van der Waals surface area contributed by atoms with Crippen LogP contribution in [0.2, 0.25) is 0 Å². The van der Waals surface area contributed by atoms with E-state index in [0.29, 0.717) is 31.8 Å². The highest BCUT2D eigenvalue weighted by molar-refractivity contribution is 6.04. The average Bonchev–Trinajstić information content (AvgIpc) is 3.35. The van der Waals surface area contributed by atoms with Crippen molar-refractivity contribution in [2.45, 2.75) is 26.2 Å². The van der Waals surface area contributed by atoms with Gasteiger partial charge in [-0.25, -0.2) is 0 Å². The number of nitrogens with zero attached hydrogens (tertiary/aromatic N) is 2. The Kier molecular flexibility index (Phi) is 5.70. The van der Waals surface area contributed by atoms with Crippen molar-refractivity contribution in [3.8, 4) is 5.75 Å². The van der Waals surface area contributed by atoms with Gasteiger partial charge in [-0.3, -0.25) is 14.4 Å². The lowest BCUT2D eigenvalue weighted by atomic mass is 10.1. The minimum Gasteiger partial charge on any atom is -0.494 e. The molecule has 7 nitrogen and oxygen atoms in total. The Bertz CT molecular complexity index is 957. The minimum atomic E-state index is -0.429. The standard InChI is InChI=1S/C23H25N3O4/c1-2-30-20-10-8-18(9-11-20)26-15-16(13-22(26)28)23(29)24-17-5-3-6-19(14-17)25-12-4-7-21(25)27/h3,5-6,8-11,14,16H,2,4,7,12-13,15H2,1H3,(H,24,29). The first-order valence-electron chi connectivity index (χ1n) is 10.3. The van der Waals surface area contributed by atoms with Crippen LogP contribution in [0, 0.1) is 5.92 Å². The first-order chi connectivity index (χ1) is 14.5. The van der Waals surface area contributed by atoms with Gasteiger partial charge in [-0.2, -0.15) is 0 Å². The molecule has 2 fully saturated rings. The molecule has 2 aliphatic rings. The normalized spacial score (nSPS) is 18.8. The summed E-state index contributed by atoms with van der Waals surface area (Å²) in [6, 6.07) is 14.6. The lowest BCUT2D eigenvalue weighted by molar-refractivity contribution is -0.122. The largest absolute Gasteiger partial charge is 0.494 e. The van der Waals surface area contributed by atoms with Crippen LogP contribution >= 0.6 is 0 Å². The van der Waals surface area contributed by atoms with Gasteiger partial charge in [-0.1, -0.05) is 6.07 Å². The van der Waals surface area contributed by atoms with Crippen molar-refractivity contribution < 1.29 is 19.1 Å². The molecule has 0 bridgehead atoms. The van der Waals surface area contributed by atoms with Crippen LogP contribution in [0.3, 0.4) is 0 Å². The molecule has 4 rings (SSSR count). The van der Waals surface area contributed by atoms with Crippen LogP contribution in [0.15, 0.2) is 48.5 Å². The quantitative estimate of drug-likeness (QED) is 0.798. The number of carbonyl (C=O) groups excluding carboxylic acids is 3. The fraction of sp³-hybridized carbons (Fsp3) is 0.348. The smallest absolute Gasteiger partial charge is 0.229 e. The summed E-state index contributed by atoms with van der Waals surface area (Å²) in [7, 11) is 0. The number of ether oxygens (including phenoxy) is 1. The van der Waals surface area contributed by atoms with Crippen LogP contribution in [0.1, 0.15) is 26.2 Å². The van der Waals surface area contributed by atoms with Crippen molar-refractivity contribution in [3.05, 3.63) is 48.5 Å². The highest BCUT2D eigenvalue weighted by Gasteiger charge is 2.35. The summed E-state index contributed by atoms with van der Waals surface area (Å²) in [6.45, 7) is 3.53. The molecule has 3 amide bonds. The summed E-state index contributed by atoms with van der Waals surface area (Å²) in [5.41, 5.74) is 2.17. The third kappa shape index (κ3) is 4.15. The highest BCUT2D eigenvalue weighted by Crippen LogP contribution is 2.29. The predicted molar refractivity (Wildman–Crippen MR) is 115 cm³/mol. The third-order valence-corrected chi connectivity index (χ3v) is 5.45. The molecule has 1 atom stereocenters. The SMILES string of the molecule is CCOc1ccc(N2CC(C(=O)Nc3cccc(N4CCCC4=O)c3)CC2=O)cc1. The van der Waals surface area contributed by atoms with Crippen LogP contribution in [0.25, 0.3) is 0 Å². The Labute approximate surface area is 175 Å². The molecule has 156 valence electrons. The second-order valence-corrected chi connectivity index (χ2v) is 7.52. The van der Waals surface area contributed by atoms with Crippen molar-refractivity contribution in [3.63, 3.8) is 0 Å². The van der Waals surface area contributed by atoms with Gasteiger partial charge in [0.2, 0.25) is 17.7 Å². The molecule has 2 aliphatic heterocycles. The minimum absolute atomic E-state index is 0.0734. The Morgan fingerprint density at radius 3 is 2.57 bits per heavy atom. The topological polar surface area (TPSA) is 79.0 Å². The predicted octanol–water partition coefficient (Wildman–Crippen LogP) is 3.20. The summed E-state index contributed by atoms with van der Waals surface area (Å²) in [4.78, 5) is 40.6. The molecule has 0 spiro atoms. The number of benzene rings is 2. The van der Waals surface area contributed by atoms with E-state index in [1.807, 2.05) is 49.4 Å². The molecular formula is C23H25N3O4. The lowest BCUT2D eigenvalue weighted by Crippen LogP contribution is -2.28. The average molecular weight is 407 g/mol. The van der Waals surface area contributed by atoms with Crippen molar-refractivity contribution >= 4 is 34.8 Å². The van der Waals surface area contributed by atoms with E-state index in [1.165, 1.54) is 0 Å². The zero-order chi connectivity index (χ0) is 21.1. The van der Waals surface area contributed by atoms with Crippen molar-refractivity contribution in [1.29, 1.82) is 0 Å². The summed E-state index contributed by atoms with van der Waals surface area (Å²) in [5, 5.41) is 2.91. The third-order valence-electron chi connectivity index (χ3n) is 5.45. The highest BCUT2D eigenvalue weighted by atomic mass is 16.5. The van der Waals surface area contributed by atoms with Crippen LogP contribution in [-0.4, -0.2) is 37.4 Å². The van der Waals surface area contributed by atoms with Gasteiger partial charge in [0.25, 0.3) is 0 Å². The zero-order valence-corrected chi connectivity index (χ0v) is 17.0. The second kappa shape index (κ2) is 8.57. The lowest BCUT2D eigenvalue weighted by Gasteiger charge is -2.18. The Hall–Kier alpha value is -3.35. The zero-order valence-electron chi connectivity index (χ0n) is 17.0. The number of nitrogens with one attached hydrogen (secondary N) is 1. The maximum Gasteiger partial charge on any atom is 0.229 e. The first-order valence-corrected chi connectivity index (χ1v) is 10.3. The van der Waals surface area contributed by atoms with Gasteiger partial charge in [0, 0.05) is 43.0 Å². The van der Waals surface area contributed by atoms with Gasteiger partial charge in [0.15, 0.2) is 0 Å². The molecule has 2 aromatic rings. The van der Waals surface area contributed by atoms with Gasteiger partial charge in [0.05, 0.1) is 12.5 Å². The molecule has 1 N–H and O–H groups in total. The van der Waals surface area contributed by atoms with E-state index in [9.17, 15) is 14.4 Å². The fourth-order valence-electron chi connectivity index (χ4n) is 3.94.